The van der Waals surface area contributed by atoms with E-state index in [1.54, 1.807) is 6.92 Å². The molecule has 1 heterocycles. The summed E-state index contributed by atoms with van der Waals surface area (Å²) in [5, 5.41) is 7.34. The Hall–Kier alpha value is -0.570. The van der Waals surface area contributed by atoms with E-state index in [9.17, 15) is 0 Å². The molecule has 3 nitrogen and oxygen atoms in total. The number of amidine groups is 1. The number of ether oxygens (including phenoxy) is 1. The van der Waals surface area contributed by atoms with Crippen LogP contribution in [0.15, 0.2) is 0 Å². The normalized spacial score (nSPS) is 24.8. The molecular weight excluding hydrogens is 128 g/mol. The molecule has 1 saturated heterocycles. The van der Waals surface area contributed by atoms with Crippen molar-refractivity contribution in [1.82, 2.24) is 4.90 Å². The Morgan fingerprint density at radius 2 is 2.40 bits per heavy atom. The molecular formula is C7H14N2O. The zero-order chi connectivity index (χ0) is 7.56. The first kappa shape index (κ1) is 7.54. The minimum absolute atomic E-state index is 0.442. The lowest BCUT2D eigenvalue weighted by atomic mass is 10.2. The predicted molar refractivity (Wildman–Crippen MR) is 40.4 cm³/mol. The van der Waals surface area contributed by atoms with Crippen LogP contribution in [0.3, 0.4) is 0 Å². The Kier molecular flexibility index (Phi) is 2.27. The van der Waals surface area contributed by atoms with Crippen molar-refractivity contribution in [2.75, 3.05) is 20.3 Å². The van der Waals surface area contributed by atoms with E-state index in [0.717, 1.165) is 19.6 Å². The summed E-state index contributed by atoms with van der Waals surface area (Å²) >= 11 is 0. The summed E-state index contributed by atoms with van der Waals surface area (Å²) < 4.78 is 5.19. The molecule has 0 aromatic heterocycles. The standard InChI is InChI=1S/C7H14N2O/c1-6(8)9(2)7-3-4-10-5-7/h7-8H,3-5H2,1-2H3. The Morgan fingerprint density at radius 1 is 1.70 bits per heavy atom. The van der Waals surface area contributed by atoms with Gasteiger partial charge in [0.15, 0.2) is 0 Å². The van der Waals surface area contributed by atoms with E-state index in [1.165, 1.54) is 0 Å². The van der Waals surface area contributed by atoms with Gasteiger partial charge < -0.3 is 9.64 Å². The minimum atomic E-state index is 0.442. The summed E-state index contributed by atoms with van der Waals surface area (Å²) in [5.74, 6) is 0.621. The smallest absolute Gasteiger partial charge is 0.0926 e. The molecule has 0 aromatic carbocycles. The van der Waals surface area contributed by atoms with E-state index in [4.69, 9.17) is 10.1 Å². The van der Waals surface area contributed by atoms with Crippen LogP contribution in [0, 0.1) is 5.41 Å². The average Bonchev–Trinajstić information content (AvgIpc) is 2.36. The van der Waals surface area contributed by atoms with Crippen molar-refractivity contribution in [2.45, 2.75) is 19.4 Å². The van der Waals surface area contributed by atoms with Gasteiger partial charge in [-0.1, -0.05) is 0 Å². The molecule has 0 amide bonds. The maximum absolute atomic E-state index is 7.34. The van der Waals surface area contributed by atoms with Gasteiger partial charge in [-0.05, 0) is 13.3 Å². The number of nitrogens with zero attached hydrogens (tertiary/aromatic N) is 1. The zero-order valence-electron chi connectivity index (χ0n) is 6.55. The molecule has 3 heteroatoms. The lowest BCUT2D eigenvalue weighted by molar-refractivity contribution is 0.179. The van der Waals surface area contributed by atoms with Crippen molar-refractivity contribution in [3.05, 3.63) is 0 Å². The fraction of sp³-hybridized carbons (Fsp3) is 0.857. The lowest BCUT2D eigenvalue weighted by Gasteiger charge is -2.23. The van der Waals surface area contributed by atoms with Crippen LogP contribution in [-0.2, 0) is 4.74 Å². The van der Waals surface area contributed by atoms with E-state index in [1.807, 2.05) is 11.9 Å². The van der Waals surface area contributed by atoms with Crippen LogP contribution < -0.4 is 0 Å². The van der Waals surface area contributed by atoms with Crippen molar-refractivity contribution in [3.8, 4) is 0 Å². The molecule has 1 rings (SSSR count). The third kappa shape index (κ3) is 1.48. The van der Waals surface area contributed by atoms with Crippen molar-refractivity contribution in [3.63, 3.8) is 0 Å². The van der Waals surface area contributed by atoms with Gasteiger partial charge in [0.1, 0.15) is 0 Å². The van der Waals surface area contributed by atoms with E-state index >= 15 is 0 Å². The van der Waals surface area contributed by atoms with Crippen LogP contribution in [0.25, 0.3) is 0 Å². The second kappa shape index (κ2) is 3.01. The molecule has 58 valence electrons. The number of hydrogen-bond donors (Lipinski definition) is 1. The molecule has 10 heavy (non-hydrogen) atoms. The van der Waals surface area contributed by atoms with Crippen LogP contribution in [0.1, 0.15) is 13.3 Å². The first-order valence-corrected chi connectivity index (χ1v) is 3.57. The quantitative estimate of drug-likeness (QED) is 0.432. The van der Waals surface area contributed by atoms with Crippen LogP contribution in [0.4, 0.5) is 0 Å². The lowest BCUT2D eigenvalue weighted by Crippen LogP contribution is -2.35. The molecule has 1 atom stereocenters. The fourth-order valence-corrected chi connectivity index (χ4v) is 1.10. The Labute approximate surface area is 61.5 Å². The van der Waals surface area contributed by atoms with Gasteiger partial charge in [-0.15, -0.1) is 0 Å². The maximum Gasteiger partial charge on any atom is 0.0926 e. The molecule has 1 fully saturated rings. The summed E-state index contributed by atoms with van der Waals surface area (Å²) in [5.41, 5.74) is 0. The average molecular weight is 142 g/mol. The Morgan fingerprint density at radius 3 is 2.80 bits per heavy atom. The highest BCUT2D eigenvalue weighted by Gasteiger charge is 2.19. The van der Waals surface area contributed by atoms with Crippen molar-refractivity contribution in [1.29, 1.82) is 5.41 Å². The maximum atomic E-state index is 7.34. The second-order valence-electron chi connectivity index (χ2n) is 2.71. The van der Waals surface area contributed by atoms with Gasteiger partial charge in [-0.2, -0.15) is 0 Å². The monoisotopic (exact) mass is 142 g/mol. The largest absolute Gasteiger partial charge is 0.379 e. The third-order valence-electron chi connectivity index (χ3n) is 1.98. The van der Waals surface area contributed by atoms with E-state index in [2.05, 4.69) is 0 Å². The van der Waals surface area contributed by atoms with Crippen molar-refractivity contribution >= 4 is 5.84 Å². The molecule has 1 N–H and O–H groups in total. The SMILES string of the molecule is CC(=N)N(C)C1CCOC1. The Bertz CT molecular complexity index is 130. The second-order valence-corrected chi connectivity index (χ2v) is 2.71. The van der Waals surface area contributed by atoms with E-state index in [0.29, 0.717) is 11.9 Å². The van der Waals surface area contributed by atoms with Crippen molar-refractivity contribution in [2.24, 2.45) is 0 Å². The highest BCUT2D eigenvalue weighted by Crippen LogP contribution is 2.09. The molecule has 0 radical (unpaired) electrons. The molecule has 0 aliphatic carbocycles. The summed E-state index contributed by atoms with van der Waals surface area (Å²) in [6.07, 6.45) is 1.06. The zero-order valence-corrected chi connectivity index (χ0v) is 6.55. The number of likely N-dealkylation sites (N-methyl/N-ethyl adjacent to an activating group) is 1. The third-order valence-corrected chi connectivity index (χ3v) is 1.98. The van der Waals surface area contributed by atoms with Gasteiger partial charge in [0, 0.05) is 13.7 Å². The first-order valence-electron chi connectivity index (χ1n) is 3.57. The first-order chi connectivity index (χ1) is 4.72. The molecule has 1 unspecified atom stereocenters. The number of rotatable bonds is 1. The van der Waals surface area contributed by atoms with Gasteiger partial charge in [0.25, 0.3) is 0 Å². The molecule has 0 saturated carbocycles. The van der Waals surface area contributed by atoms with Gasteiger partial charge in [0.05, 0.1) is 18.5 Å². The highest BCUT2D eigenvalue weighted by atomic mass is 16.5. The minimum Gasteiger partial charge on any atom is -0.379 e. The topological polar surface area (TPSA) is 36.3 Å². The summed E-state index contributed by atoms with van der Waals surface area (Å²) in [6, 6.07) is 0.442. The fourth-order valence-electron chi connectivity index (χ4n) is 1.10. The van der Waals surface area contributed by atoms with Gasteiger partial charge in [-0.25, -0.2) is 0 Å². The van der Waals surface area contributed by atoms with Crippen LogP contribution >= 0.6 is 0 Å². The molecule has 0 spiro atoms. The number of nitrogens with one attached hydrogen (secondary N) is 1. The highest BCUT2D eigenvalue weighted by molar-refractivity contribution is 5.76. The summed E-state index contributed by atoms with van der Waals surface area (Å²) in [7, 11) is 1.95. The predicted octanol–water partition coefficient (Wildman–Crippen LogP) is 0.704. The van der Waals surface area contributed by atoms with Gasteiger partial charge in [-0.3, -0.25) is 5.41 Å². The summed E-state index contributed by atoms with van der Waals surface area (Å²) in [6.45, 7) is 3.44. The van der Waals surface area contributed by atoms with Crippen LogP contribution in [0.5, 0.6) is 0 Å². The van der Waals surface area contributed by atoms with E-state index in [-0.39, 0.29) is 0 Å². The van der Waals surface area contributed by atoms with Gasteiger partial charge >= 0.3 is 0 Å². The molecule has 0 bridgehead atoms. The Balaban J connectivity index is 2.39. The van der Waals surface area contributed by atoms with Gasteiger partial charge in [0.2, 0.25) is 0 Å². The molecule has 0 aromatic rings. The number of hydrogen-bond acceptors (Lipinski definition) is 2. The van der Waals surface area contributed by atoms with Crippen molar-refractivity contribution < 1.29 is 4.74 Å². The molecule has 1 aliphatic rings. The summed E-state index contributed by atoms with van der Waals surface area (Å²) in [4.78, 5) is 1.97. The van der Waals surface area contributed by atoms with E-state index < -0.39 is 0 Å². The molecule has 1 aliphatic heterocycles. The van der Waals surface area contributed by atoms with Crippen LogP contribution in [-0.4, -0.2) is 37.0 Å². The van der Waals surface area contributed by atoms with Crippen LogP contribution in [0.2, 0.25) is 0 Å².